The van der Waals surface area contributed by atoms with Gasteiger partial charge in [0.05, 0.1) is 17.4 Å². The number of benzene rings is 1. The largest absolute Gasteiger partial charge is 0.389 e. The summed E-state index contributed by atoms with van der Waals surface area (Å²) in [5.41, 5.74) is 0.375. The number of carbonyl (C=O) groups excluding carboxylic acids is 3. The van der Waals surface area contributed by atoms with Gasteiger partial charge in [-0.2, -0.15) is 0 Å². The van der Waals surface area contributed by atoms with Crippen LogP contribution in [-0.4, -0.2) is 28.1 Å². The SMILES string of the molecule is CC(=O)[C@H]1C(=O)C[C@@](C)(O)[C@H](C(C)=O)[C@H]1c1ccc(C)cc1. The minimum atomic E-state index is -1.43. The van der Waals surface area contributed by atoms with Gasteiger partial charge in [-0.25, -0.2) is 0 Å². The molecule has 118 valence electrons. The lowest BCUT2D eigenvalue weighted by atomic mass is 9.60. The van der Waals surface area contributed by atoms with Crippen LogP contribution in [0.2, 0.25) is 0 Å². The van der Waals surface area contributed by atoms with E-state index in [2.05, 4.69) is 0 Å². The van der Waals surface area contributed by atoms with Crippen LogP contribution in [-0.2, 0) is 14.4 Å². The van der Waals surface area contributed by atoms with Crippen LogP contribution in [0.3, 0.4) is 0 Å². The second-order valence-corrected chi connectivity index (χ2v) is 6.61. The highest BCUT2D eigenvalue weighted by Crippen LogP contribution is 2.46. The van der Waals surface area contributed by atoms with E-state index in [4.69, 9.17) is 0 Å². The zero-order valence-electron chi connectivity index (χ0n) is 13.4. The molecule has 1 aromatic rings. The highest BCUT2D eigenvalue weighted by atomic mass is 16.3. The van der Waals surface area contributed by atoms with E-state index in [-0.39, 0.29) is 23.8 Å². The Bertz CT molecular complexity index is 612. The van der Waals surface area contributed by atoms with E-state index >= 15 is 0 Å². The molecule has 1 fully saturated rings. The average Bonchev–Trinajstić information content (AvgIpc) is 2.36. The van der Waals surface area contributed by atoms with Crippen molar-refractivity contribution in [3.05, 3.63) is 35.4 Å². The van der Waals surface area contributed by atoms with Crippen molar-refractivity contribution in [2.75, 3.05) is 0 Å². The number of hydrogen-bond donors (Lipinski definition) is 1. The maximum atomic E-state index is 12.4. The van der Waals surface area contributed by atoms with E-state index in [0.717, 1.165) is 11.1 Å². The summed E-state index contributed by atoms with van der Waals surface area (Å²) in [6.45, 7) is 6.24. The number of aliphatic hydroxyl groups is 1. The summed E-state index contributed by atoms with van der Waals surface area (Å²) in [4.78, 5) is 36.6. The first-order valence-electron chi connectivity index (χ1n) is 7.47. The summed E-state index contributed by atoms with van der Waals surface area (Å²) in [6, 6.07) is 7.44. The lowest BCUT2D eigenvalue weighted by Crippen LogP contribution is -2.53. The molecule has 0 amide bonds. The van der Waals surface area contributed by atoms with E-state index in [9.17, 15) is 19.5 Å². The summed E-state index contributed by atoms with van der Waals surface area (Å²) >= 11 is 0. The summed E-state index contributed by atoms with van der Waals surface area (Å²) in [6.07, 6.45) is -0.163. The molecule has 0 saturated heterocycles. The zero-order chi connectivity index (χ0) is 16.7. The fraction of sp³-hybridized carbons (Fsp3) is 0.500. The Hall–Kier alpha value is -1.81. The molecule has 4 atom stereocenters. The third-order valence-electron chi connectivity index (χ3n) is 4.61. The van der Waals surface area contributed by atoms with Crippen LogP contribution in [0.4, 0.5) is 0 Å². The third kappa shape index (κ3) is 2.88. The van der Waals surface area contributed by atoms with Gasteiger partial charge in [-0.05, 0) is 33.3 Å². The quantitative estimate of drug-likeness (QED) is 0.869. The second-order valence-electron chi connectivity index (χ2n) is 6.61. The molecule has 1 aromatic carbocycles. The van der Waals surface area contributed by atoms with Crippen molar-refractivity contribution in [2.45, 2.75) is 45.6 Å². The van der Waals surface area contributed by atoms with E-state index in [0.29, 0.717) is 0 Å². The van der Waals surface area contributed by atoms with Crippen molar-refractivity contribution in [3.63, 3.8) is 0 Å². The van der Waals surface area contributed by atoms with E-state index in [1.54, 1.807) is 0 Å². The first kappa shape index (κ1) is 16.6. The van der Waals surface area contributed by atoms with Crippen LogP contribution >= 0.6 is 0 Å². The van der Waals surface area contributed by atoms with Crippen LogP contribution in [0.5, 0.6) is 0 Å². The van der Waals surface area contributed by atoms with Gasteiger partial charge in [-0.3, -0.25) is 14.4 Å². The van der Waals surface area contributed by atoms with Crippen molar-refractivity contribution >= 4 is 17.3 Å². The van der Waals surface area contributed by atoms with Gasteiger partial charge in [0.1, 0.15) is 17.3 Å². The molecule has 1 aliphatic rings. The zero-order valence-corrected chi connectivity index (χ0v) is 13.4. The maximum absolute atomic E-state index is 12.4. The van der Waals surface area contributed by atoms with Crippen LogP contribution in [0.25, 0.3) is 0 Å². The molecule has 4 nitrogen and oxygen atoms in total. The normalized spacial score (nSPS) is 31.9. The fourth-order valence-electron chi connectivity index (χ4n) is 3.70. The Morgan fingerprint density at radius 3 is 2.14 bits per heavy atom. The standard InChI is InChI=1S/C18H22O4/c1-10-5-7-13(8-6-10)16-15(11(2)19)14(21)9-18(4,22)17(16)12(3)20/h5-8,15-17,22H,9H2,1-4H3/t15-,16-,17+,18+/m0/s1. The molecule has 0 bridgehead atoms. The predicted octanol–water partition coefficient (Wildman–Crippen LogP) is 2.21. The van der Waals surface area contributed by atoms with Gasteiger partial charge in [-0.15, -0.1) is 0 Å². The van der Waals surface area contributed by atoms with Gasteiger partial charge >= 0.3 is 0 Å². The second kappa shape index (κ2) is 5.76. The Kier molecular flexibility index (Phi) is 4.34. The molecule has 0 heterocycles. The van der Waals surface area contributed by atoms with Gasteiger partial charge in [0.15, 0.2) is 0 Å². The molecular formula is C18H22O4. The third-order valence-corrected chi connectivity index (χ3v) is 4.61. The smallest absolute Gasteiger partial charge is 0.146 e. The summed E-state index contributed by atoms with van der Waals surface area (Å²) in [7, 11) is 0. The van der Waals surface area contributed by atoms with Gasteiger partial charge in [0.25, 0.3) is 0 Å². The van der Waals surface area contributed by atoms with Crippen molar-refractivity contribution in [3.8, 4) is 0 Å². The highest BCUT2D eigenvalue weighted by Gasteiger charge is 2.53. The van der Waals surface area contributed by atoms with Gasteiger partial charge in [0.2, 0.25) is 0 Å². The molecule has 1 aliphatic carbocycles. The lowest BCUT2D eigenvalue weighted by Gasteiger charge is -2.44. The topological polar surface area (TPSA) is 71.4 Å². The van der Waals surface area contributed by atoms with Crippen molar-refractivity contribution in [1.29, 1.82) is 0 Å². The Morgan fingerprint density at radius 2 is 1.68 bits per heavy atom. The molecule has 0 radical (unpaired) electrons. The molecule has 2 rings (SSSR count). The van der Waals surface area contributed by atoms with Gasteiger partial charge in [-0.1, -0.05) is 29.8 Å². The first-order valence-corrected chi connectivity index (χ1v) is 7.47. The average molecular weight is 302 g/mol. The number of Topliss-reactive ketones (excluding diaryl/α,β-unsaturated/α-hetero) is 3. The van der Waals surface area contributed by atoms with E-state index in [1.807, 2.05) is 31.2 Å². The molecule has 0 aromatic heterocycles. The van der Waals surface area contributed by atoms with E-state index < -0.39 is 23.4 Å². The molecule has 22 heavy (non-hydrogen) atoms. The van der Waals surface area contributed by atoms with Crippen LogP contribution in [0.1, 0.15) is 44.2 Å². The molecular weight excluding hydrogens is 280 g/mol. The van der Waals surface area contributed by atoms with Gasteiger partial charge in [0, 0.05) is 12.3 Å². The van der Waals surface area contributed by atoms with Gasteiger partial charge < -0.3 is 5.11 Å². The van der Waals surface area contributed by atoms with Crippen molar-refractivity contribution in [1.82, 2.24) is 0 Å². The van der Waals surface area contributed by atoms with Crippen LogP contribution in [0, 0.1) is 18.8 Å². The molecule has 0 aliphatic heterocycles. The van der Waals surface area contributed by atoms with E-state index in [1.165, 1.54) is 20.8 Å². The highest BCUT2D eigenvalue weighted by molar-refractivity contribution is 6.05. The number of rotatable bonds is 3. The molecule has 1 N–H and O–H groups in total. The van der Waals surface area contributed by atoms with Crippen molar-refractivity contribution < 1.29 is 19.5 Å². The maximum Gasteiger partial charge on any atom is 0.146 e. The number of hydrogen-bond acceptors (Lipinski definition) is 4. The molecule has 4 heteroatoms. The lowest BCUT2D eigenvalue weighted by molar-refractivity contribution is -0.151. The number of carbonyl (C=O) groups is 3. The monoisotopic (exact) mass is 302 g/mol. The molecule has 1 saturated carbocycles. The molecule has 0 spiro atoms. The summed E-state index contributed by atoms with van der Waals surface area (Å²) < 4.78 is 0. The number of aryl methyl sites for hydroxylation is 1. The minimum absolute atomic E-state index is 0.163. The Balaban J connectivity index is 2.61. The minimum Gasteiger partial charge on any atom is -0.389 e. The predicted molar refractivity (Wildman–Crippen MR) is 82.5 cm³/mol. The van der Waals surface area contributed by atoms with Crippen molar-refractivity contribution in [2.24, 2.45) is 11.8 Å². The fourth-order valence-corrected chi connectivity index (χ4v) is 3.70. The Morgan fingerprint density at radius 1 is 1.14 bits per heavy atom. The number of ketones is 3. The van der Waals surface area contributed by atoms with Crippen LogP contribution < -0.4 is 0 Å². The summed E-state index contributed by atoms with van der Waals surface area (Å²) in [5.74, 6) is -2.97. The summed E-state index contributed by atoms with van der Waals surface area (Å²) in [5, 5.41) is 10.6. The van der Waals surface area contributed by atoms with Crippen LogP contribution in [0.15, 0.2) is 24.3 Å². The Labute approximate surface area is 130 Å². The molecule has 0 unspecified atom stereocenters. The first-order chi connectivity index (χ1) is 10.1.